The van der Waals surface area contributed by atoms with Crippen LogP contribution in [-0.4, -0.2) is 31.0 Å². The average molecular weight is 282 g/mol. The standard InChI is InChI=1S/C16H30N2O2/c17-18-15(6-5-14-4-3-10-19-14)13-7-11-20-16(12-13)8-1-2-9-16/h13-15,18H,1-12,17H2. The van der Waals surface area contributed by atoms with Crippen LogP contribution in [0.25, 0.3) is 0 Å². The molecule has 0 bridgehead atoms. The van der Waals surface area contributed by atoms with E-state index >= 15 is 0 Å². The second kappa shape index (κ2) is 6.73. The first-order chi connectivity index (χ1) is 9.81. The summed E-state index contributed by atoms with van der Waals surface area (Å²) in [5.74, 6) is 6.52. The molecule has 3 N–H and O–H groups in total. The molecule has 4 nitrogen and oxygen atoms in total. The van der Waals surface area contributed by atoms with E-state index in [2.05, 4.69) is 5.43 Å². The van der Waals surface area contributed by atoms with Crippen LogP contribution in [0.2, 0.25) is 0 Å². The van der Waals surface area contributed by atoms with Crippen molar-refractivity contribution in [3.05, 3.63) is 0 Å². The van der Waals surface area contributed by atoms with Gasteiger partial charge < -0.3 is 9.47 Å². The first-order valence-electron chi connectivity index (χ1n) is 8.53. The van der Waals surface area contributed by atoms with Gasteiger partial charge in [-0.25, -0.2) is 0 Å². The van der Waals surface area contributed by atoms with Crippen LogP contribution in [-0.2, 0) is 9.47 Å². The summed E-state index contributed by atoms with van der Waals surface area (Å²) in [5.41, 5.74) is 3.29. The Hall–Kier alpha value is -0.160. The summed E-state index contributed by atoms with van der Waals surface area (Å²) in [6.07, 6.45) is 12.8. The van der Waals surface area contributed by atoms with Crippen LogP contribution >= 0.6 is 0 Å². The highest BCUT2D eigenvalue weighted by Gasteiger charge is 2.41. The highest BCUT2D eigenvalue weighted by molar-refractivity contribution is 4.94. The minimum absolute atomic E-state index is 0.196. The van der Waals surface area contributed by atoms with Crippen molar-refractivity contribution in [3.63, 3.8) is 0 Å². The maximum atomic E-state index is 6.14. The number of rotatable bonds is 5. The van der Waals surface area contributed by atoms with Crippen LogP contribution < -0.4 is 11.3 Å². The maximum Gasteiger partial charge on any atom is 0.0685 e. The van der Waals surface area contributed by atoms with Gasteiger partial charge in [-0.2, -0.15) is 0 Å². The molecule has 0 aromatic heterocycles. The molecule has 1 spiro atoms. The summed E-state index contributed by atoms with van der Waals surface area (Å²) in [5, 5.41) is 0. The lowest BCUT2D eigenvalue weighted by molar-refractivity contribution is -0.0987. The molecule has 20 heavy (non-hydrogen) atoms. The van der Waals surface area contributed by atoms with Crippen LogP contribution in [0, 0.1) is 5.92 Å². The summed E-state index contributed by atoms with van der Waals surface area (Å²) in [7, 11) is 0. The second-order valence-corrected chi connectivity index (χ2v) is 6.98. The molecule has 2 saturated heterocycles. The van der Waals surface area contributed by atoms with Gasteiger partial charge in [0.25, 0.3) is 0 Å². The van der Waals surface area contributed by atoms with E-state index in [0.29, 0.717) is 18.1 Å². The molecule has 2 heterocycles. The Bertz CT molecular complexity index is 299. The Labute approximate surface area is 122 Å². The molecular weight excluding hydrogens is 252 g/mol. The number of nitrogens with two attached hydrogens (primary N) is 1. The number of nitrogens with one attached hydrogen (secondary N) is 1. The monoisotopic (exact) mass is 282 g/mol. The first-order valence-corrected chi connectivity index (χ1v) is 8.53. The molecule has 0 aromatic rings. The van der Waals surface area contributed by atoms with Crippen molar-refractivity contribution in [1.29, 1.82) is 0 Å². The molecule has 0 amide bonds. The van der Waals surface area contributed by atoms with E-state index in [1.54, 1.807) is 0 Å². The van der Waals surface area contributed by atoms with Crippen LogP contribution in [0.1, 0.15) is 64.2 Å². The highest BCUT2D eigenvalue weighted by Crippen LogP contribution is 2.43. The number of ether oxygens (including phenoxy) is 2. The van der Waals surface area contributed by atoms with Crippen molar-refractivity contribution >= 4 is 0 Å². The Kier molecular flexibility index (Phi) is 4.97. The van der Waals surface area contributed by atoms with Gasteiger partial charge >= 0.3 is 0 Å². The zero-order chi connectivity index (χ0) is 13.8. The minimum atomic E-state index is 0.196. The Morgan fingerprint density at radius 3 is 2.70 bits per heavy atom. The number of hydrazine groups is 1. The zero-order valence-corrected chi connectivity index (χ0v) is 12.6. The second-order valence-electron chi connectivity index (χ2n) is 6.98. The van der Waals surface area contributed by atoms with E-state index in [1.165, 1.54) is 44.9 Å². The summed E-state index contributed by atoms with van der Waals surface area (Å²) >= 11 is 0. The Balaban J connectivity index is 1.51. The SMILES string of the molecule is NNC(CCC1CCCO1)C1CCOC2(CCCC2)C1. The summed E-state index contributed by atoms with van der Waals surface area (Å²) < 4.78 is 11.9. The molecule has 3 fully saturated rings. The van der Waals surface area contributed by atoms with E-state index in [9.17, 15) is 0 Å². The molecule has 3 unspecified atom stereocenters. The molecule has 2 aliphatic heterocycles. The van der Waals surface area contributed by atoms with Gasteiger partial charge in [0.05, 0.1) is 11.7 Å². The van der Waals surface area contributed by atoms with Crippen LogP contribution in [0.3, 0.4) is 0 Å². The van der Waals surface area contributed by atoms with Crippen LogP contribution in [0.5, 0.6) is 0 Å². The molecule has 3 aliphatic rings. The third-order valence-electron chi connectivity index (χ3n) is 5.65. The van der Waals surface area contributed by atoms with Gasteiger partial charge in [0.2, 0.25) is 0 Å². The third-order valence-corrected chi connectivity index (χ3v) is 5.65. The molecule has 3 rings (SSSR count). The van der Waals surface area contributed by atoms with Gasteiger partial charge in [-0.05, 0) is 57.3 Å². The van der Waals surface area contributed by atoms with E-state index in [-0.39, 0.29) is 5.60 Å². The molecule has 116 valence electrons. The Morgan fingerprint density at radius 1 is 1.15 bits per heavy atom. The highest BCUT2D eigenvalue weighted by atomic mass is 16.5. The van der Waals surface area contributed by atoms with Gasteiger partial charge in [0, 0.05) is 19.3 Å². The van der Waals surface area contributed by atoms with Crippen molar-refractivity contribution in [3.8, 4) is 0 Å². The molecule has 1 saturated carbocycles. The van der Waals surface area contributed by atoms with Crippen LogP contribution in [0.15, 0.2) is 0 Å². The Morgan fingerprint density at radius 2 is 2.00 bits per heavy atom. The predicted octanol–water partition coefficient (Wildman–Crippen LogP) is 2.52. The molecule has 3 atom stereocenters. The van der Waals surface area contributed by atoms with E-state index in [1.807, 2.05) is 0 Å². The quantitative estimate of drug-likeness (QED) is 0.601. The van der Waals surface area contributed by atoms with E-state index < -0.39 is 0 Å². The normalized spacial score (nSPS) is 34.6. The van der Waals surface area contributed by atoms with Gasteiger partial charge in [-0.15, -0.1) is 0 Å². The van der Waals surface area contributed by atoms with Gasteiger partial charge in [-0.3, -0.25) is 11.3 Å². The molecule has 0 radical (unpaired) electrons. The molecule has 1 aliphatic carbocycles. The first kappa shape index (κ1) is 14.8. The van der Waals surface area contributed by atoms with Crippen molar-refractivity contribution < 1.29 is 9.47 Å². The summed E-state index contributed by atoms with van der Waals surface area (Å²) in [4.78, 5) is 0. The fourth-order valence-corrected chi connectivity index (χ4v) is 4.47. The fraction of sp³-hybridized carbons (Fsp3) is 1.00. The molecule has 4 heteroatoms. The smallest absolute Gasteiger partial charge is 0.0685 e. The zero-order valence-electron chi connectivity index (χ0n) is 12.6. The van der Waals surface area contributed by atoms with Crippen molar-refractivity contribution in [2.75, 3.05) is 13.2 Å². The lowest BCUT2D eigenvalue weighted by Crippen LogP contribution is -2.48. The molecule has 0 aromatic carbocycles. The van der Waals surface area contributed by atoms with Crippen molar-refractivity contribution in [2.24, 2.45) is 11.8 Å². The van der Waals surface area contributed by atoms with Gasteiger partial charge in [0.1, 0.15) is 0 Å². The average Bonchev–Trinajstić information content (AvgIpc) is 3.12. The third kappa shape index (κ3) is 3.35. The lowest BCUT2D eigenvalue weighted by Gasteiger charge is -2.41. The van der Waals surface area contributed by atoms with Crippen molar-refractivity contribution in [2.45, 2.75) is 82.0 Å². The van der Waals surface area contributed by atoms with E-state index in [0.717, 1.165) is 32.5 Å². The fourth-order valence-electron chi connectivity index (χ4n) is 4.47. The van der Waals surface area contributed by atoms with Gasteiger partial charge in [0.15, 0.2) is 0 Å². The van der Waals surface area contributed by atoms with Gasteiger partial charge in [-0.1, -0.05) is 12.8 Å². The lowest BCUT2D eigenvalue weighted by atomic mass is 9.79. The van der Waals surface area contributed by atoms with Crippen LogP contribution in [0.4, 0.5) is 0 Å². The topological polar surface area (TPSA) is 56.5 Å². The summed E-state index contributed by atoms with van der Waals surface area (Å²) in [6.45, 7) is 1.87. The summed E-state index contributed by atoms with van der Waals surface area (Å²) in [6, 6.07) is 0.431. The van der Waals surface area contributed by atoms with Crippen molar-refractivity contribution in [1.82, 2.24) is 5.43 Å². The molecular formula is C16H30N2O2. The van der Waals surface area contributed by atoms with E-state index in [4.69, 9.17) is 15.3 Å². The predicted molar refractivity (Wildman–Crippen MR) is 79.2 cm³/mol. The largest absolute Gasteiger partial charge is 0.378 e. The minimum Gasteiger partial charge on any atom is -0.378 e. The number of hydrogen-bond acceptors (Lipinski definition) is 4. The number of hydrogen-bond donors (Lipinski definition) is 2. The maximum absolute atomic E-state index is 6.14.